The van der Waals surface area contributed by atoms with Crippen molar-refractivity contribution >= 4 is 12.1 Å². The Kier molecular flexibility index (Phi) is 20.4. The van der Waals surface area contributed by atoms with Gasteiger partial charge in [0.05, 0.1) is 0 Å². The van der Waals surface area contributed by atoms with Gasteiger partial charge in [-0.15, -0.1) is 0 Å². The predicted molar refractivity (Wildman–Crippen MR) is 80.8 cm³/mol. The number of carbonyl (C=O) groups excluding carboxylic acids is 2. The number of ketones is 1. The quantitative estimate of drug-likeness (QED) is 0.635. The molecule has 0 bridgehead atoms. The summed E-state index contributed by atoms with van der Waals surface area (Å²) < 4.78 is 0. The second-order valence-corrected chi connectivity index (χ2v) is 4.69. The summed E-state index contributed by atoms with van der Waals surface area (Å²) in [6.45, 7) is 16.4. The van der Waals surface area contributed by atoms with Crippen molar-refractivity contribution in [3.8, 4) is 0 Å². The minimum absolute atomic E-state index is 0.0806. The van der Waals surface area contributed by atoms with Gasteiger partial charge in [0.15, 0.2) is 0 Å². The third-order valence-corrected chi connectivity index (χ3v) is 3.40. The Morgan fingerprint density at radius 2 is 1.33 bits per heavy atom. The highest BCUT2D eigenvalue weighted by Crippen LogP contribution is 2.16. The summed E-state index contributed by atoms with van der Waals surface area (Å²) >= 11 is 0. The summed E-state index contributed by atoms with van der Waals surface area (Å²) in [7, 11) is 0. The van der Waals surface area contributed by atoms with E-state index in [1.165, 1.54) is 19.8 Å². The van der Waals surface area contributed by atoms with E-state index in [2.05, 4.69) is 27.7 Å². The van der Waals surface area contributed by atoms with Crippen LogP contribution in [0.5, 0.6) is 0 Å². The molecule has 0 spiro atoms. The van der Waals surface area contributed by atoms with Gasteiger partial charge in [0, 0.05) is 12.3 Å². The van der Waals surface area contributed by atoms with Gasteiger partial charge < -0.3 is 4.79 Å². The maximum Gasteiger partial charge on any atom is 0.133 e. The Bertz CT molecular complexity index is 180. The van der Waals surface area contributed by atoms with E-state index in [4.69, 9.17) is 0 Å². The third kappa shape index (κ3) is 15.3. The van der Waals surface area contributed by atoms with Crippen LogP contribution in [0, 0.1) is 17.8 Å². The van der Waals surface area contributed by atoms with Crippen LogP contribution >= 0.6 is 0 Å². The molecule has 0 amide bonds. The molecule has 0 aromatic heterocycles. The van der Waals surface area contributed by atoms with Crippen LogP contribution in [0.4, 0.5) is 0 Å². The number of aldehydes is 1. The van der Waals surface area contributed by atoms with Gasteiger partial charge in [-0.05, 0) is 18.8 Å². The van der Waals surface area contributed by atoms with E-state index in [9.17, 15) is 9.59 Å². The van der Waals surface area contributed by atoms with Gasteiger partial charge in [0.25, 0.3) is 0 Å². The number of hydrogen-bond acceptors (Lipinski definition) is 2. The monoisotopic (exact) mass is 258 g/mol. The van der Waals surface area contributed by atoms with Crippen LogP contribution in [-0.2, 0) is 9.59 Å². The van der Waals surface area contributed by atoms with Crippen LogP contribution < -0.4 is 0 Å². The van der Waals surface area contributed by atoms with E-state index in [1.54, 1.807) is 6.92 Å². The zero-order chi connectivity index (χ0) is 15.1. The first kappa shape index (κ1) is 22.5. The maximum absolute atomic E-state index is 10.4. The molecule has 0 saturated carbocycles. The zero-order valence-corrected chi connectivity index (χ0v) is 13.7. The van der Waals surface area contributed by atoms with Crippen molar-refractivity contribution in [1.29, 1.82) is 0 Å². The van der Waals surface area contributed by atoms with Crippen molar-refractivity contribution in [2.45, 2.75) is 74.7 Å². The van der Waals surface area contributed by atoms with E-state index in [-0.39, 0.29) is 11.7 Å². The lowest BCUT2D eigenvalue weighted by molar-refractivity contribution is -0.122. The molecule has 0 aliphatic rings. The molecule has 3 unspecified atom stereocenters. The van der Waals surface area contributed by atoms with Crippen LogP contribution in [0.1, 0.15) is 74.7 Å². The summed E-state index contributed by atoms with van der Waals surface area (Å²) in [6, 6.07) is 0. The first-order valence-corrected chi connectivity index (χ1v) is 7.34. The van der Waals surface area contributed by atoms with Crippen molar-refractivity contribution in [3.05, 3.63) is 0 Å². The Morgan fingerprint density at radius 1 is 1.00 bits per heavy atom. The fourth-order valence-electron chi connectivity index (χ4n) is 1.12. The van der Waals surface area contributed by atoms with Crippen molar-refractivity contribution in [2.24, 2.45) is 17.8 Å². The van der Waals surface area contributed by atoms with Gasteiger partial charge >= 0.3 is 0 Å². The highest BCUT2D eigenvalue weighted by atomic mass is 16.1. The SMILES string of the molecule is CC.CC(=O)C(C)CC=O.CCC(C)C(C)CC. The Labute approximate surface area is 115 Å². The van der Waals surface area contributed by atoms with E-state index < -0.39 is 0 Å². The maximum atomic E-state index is 10.4. The third-order valence-electron chi connectivity index (χ3n) is 3.40. The molecule has 0 radical (unpaired) electrons. The van der Waals surface area contributed by atoms with Gasteiger partial charge in [-0.3, -0.25) is 4.79 Å². The standard InChI is InChI=1S/C8H18.C6H10O2.C2H6/c1-5-7(3)8(4)6-2;1-5(3-4-7)6(2)8;1-2/h7-8H,5-6H2,1-4H3;4-5H,3H2,1-2H3;1-2H3. The highest BCUT2D eigenvalue weighted by molar-refractivity contribution is 5.80. The van der Waals surface area contributed by atoms with Crippen LogP contribution in [0.2, 0.25) is 0 Å². The fraction of sp³-hybridized carbons (Fsp3) is 0.875. The molecule has 2 nitrogen and oxygen atoms in total. The summed E-state index contributed by atoms with van der Waals surface area (Å²) in [5.41, 5.74) is 0. The van der Waals surface area contributed by atoms with E-state index in [1.807, 2.05) is 13.8 Å². The number of Topliss-reactive ketones (excluding diaryl/α,β-unsaturated/α-hetero) is 1. The second kappa shape index (κ2) is 16.3. The summed E-state index contributed by atoms with van der Waals surface area (Å²) in [4.78, 5) is 20.1. The minimum Gasteiger partial charge on any atom is -0.303 e. The van der Waals surface area contributed by atoms with Gasteiger partial charge in [-0.25, -0.2) is 0 Å². The topological polar surface area (TPSA) is 34.1 Å². The van der Waals surface area contributed by atoms with Gasteiger partial charge in [0.1, 0.15) is 12.1 Å². The van der Waals surface area contributed by atoms with E-state index in [0.29, 0.717) is 6.42 Å². The number of carbonyl (C=O) groups is 2. The first-order valence-electron chi connectivity index (χ1n) is 7.34. The molecule has 3 atom stereocenters. The summed E-state index contributed by atoms with van der Waals surface area (Å²) in [5.74, 6) is 1.82. The number of rotatable bonds is 6. The molecule has 110 valence electrons. The second-order valence-electron chi connectivity index (χ2n) is 4.69. The molecule has 0 heterocycles. The van der Waals surface area contributed by atoms with Crippen molar-refractivity contribution < 1.29 is 9.59 Å². The lowest BCUT2D eigenvalue weighted by Crippen LogP contribution is -2.05. The van der Waals surface area contributed by atoms with E-state index in [0.717, 1.165) is 18.1 Å². The molecule has 18 heavy (non-hydrogen) atoms. The molecular weight excluding hydrogens is 224 g/mol. The highest BCUT2D eigenvalue weighted by Gasteiger charge is 2.05. The predicted octanol–water partition coefficient (Wildman–Crippen LogP) is 4.91. The molecule has 0 saturated heterocycles. The molecule has 0 rings (SSSR count). The molecule has 0 N–H and O–H groups in total. The average Bonchev–Trinajstić information content (AvgIpc) is 2.40. The molecular formula is C16H34O2. The molecule has 2 heteroatoms. The largest absolute Gasteiger partial charge is 0.303 e. The minimum atomic E-state index is -0.0903. The normalized spacial score (nSPS) is 14.0. The molecule has 0 aliphatic carbocycles. The summed E-state index contributed by atoms with van der Waals surface area (Å²) in [5, 5.41) is 0. The Morgan fingerprint density at radius 3 is 1.44 bits per heavy atom. The lowest BCUT2D eigenvalue weighted by Gasteiger charge is -2.14. The van der Waals surface area contributed by atoms with Crippen LogP contribution in [0.25, 0.3) is 0 Å². The molecule has 0 aliphatic heterocycles. The van der Waals surface area contributed by atoms with Crippen LogP contribution in [0.3, 0.4) is 0 Å². The fourth-order valence-corrected chi connectivity index (χ4v) is 1.12. The van der Waals surface area contributed by atoms with Gasteiger partial charge in [0.2, 0.25) is 0 Å². The molecule has 0 aromatic carbocycles. The zero-order valence-electron chi connectivity index (χ0n) is 13.7. The number of hydrogen-bond donors (Lipinski definition) is 0. The smallest absolute Gasteiger partial charge is 0.133 e. The van der Waals surface area contributed by atoms with Crippen LogP contribution in [-0.4, -0.2) is 12.1 Å². The Balaban J connectivity index is -0.000000219. The van der Waals surface area contributed by atoms with Gasteiger partial charge in [-0.1, -0.05) is 61.3 Å². The van der Waals surface area contributed by atoms with Crippen molar-refractivity contribution in [1.82, 2.24) is 0 Å². The van der Waals surface area contributed by atoms with E-state index >= 15 is 0 Å². The van der Waals surface area contributed by atoms with Crippen molar-refractivity contribution in [2.75, 3.05) is 0 Å². The van der Waals surface area contributed by atoms with Crippen LogP contribution in [0.15, 0.2) is 0 Å². The van der Waals surface area contributed by atoms with Crippen molar-refractivity contribution in [3.63, 3.8) is 0 Å². The lowest BCUT2D eigenvalue weighted by atomic mass is 9.92. The Hall–Kier alpha value is -0.660. The summed E-state index contributed by atoms with van der Waals surface area (Å²) in [6.07, 6.45) is 3.78. The first-order chi connectivity index (χ1) is 8.40. The average molecular weight is 258 g/mol. The van der Waals surface area contributed by atoms with Gasteiger partial charge in [-0.2, -0.15) is 0 Å². The molecule has 0 fully saturated rings. The molecule has 0 aromatic rings.